The summed E-state index contributed by atoms with van der Waals surface area (Å²) in [4.78, 5) is 2.29. The molecule has 1 fully saturated rings. The minimum Gasteiger partial charge on any atom is -0.379 e. The molecular weight excluding hydrogens is 304 g/mol. The lowest BCUT2D eigenvalue weighted by molar-refractivity contribution is 0.0169. The predicted octanol–water partition coefficient (Wildman–Crippen LogP) is 0.601. The van der Waals surface area contributed by atoms with Gasteiger partial charge in [-0.05, 0) is 26.3 Å². The van der Waals surface area contributed by atoms with E-state index < -0.39 is 10.0 Å². The van der Waals surface area contributed by atoms with Gasteiger partial charge in [0, 0.05) is 32.2 Å². The molecule has 1 aromatic heterocycles. The Morgan fingerprint density at radius 1 is 1.36 bits per heavy atom. The molecular formula is C14H26N4O3S. The number of hydrogen-bond acceptors (Lipinski definition) is 5. The third kappa shape index (κ3) is 4.07. The first-order valence-corrected chi connectivity index (χ1v) is 9.32. The monoisotopic (exact) mass is 330 g/mol. The summed E-state index contributed by atoms with van der Waals surface area (Å²) in [5.41, 5.74) is 0.711. The van der Waals surface area contributed by atoms with E-state index in [9.17, 15) is 8.42 Å². The van der Waals surface area contributed by atoms with E-state index in [0.717, 1.165) is 19.5 Å². The van der Waals surface area contributed by atoms with Crippen LogP contribution in [-0.2, 0) is 21.3 Å². The maximum Gasteiger partial charge on any atom is 0.257 e. The van der Waals surface area contributed by atoms with Gasteiger partial charge in [-0.3, -0.25) is 9.58 Å². The zero-order valence-electron chi connectivity index (χ0n) is 13.6. The van der Waals surface area contributed by atoms with Gasteiger partial charge in [0.15, 0.2) is 5.03 Å². The van der Waals surface area contributed by atoms with Crippen LogP contribution in [0.3, 0.4) is 0 Å². The Bertz CT molecular complexity index is 579. The quantitative estimate of drug-likeness (QED) is 0.792. The Labute approximate surface area is 132 Å². The van der Waals surface area contributed by atoms with Crippen molar-refractivity contribution in [3.8, 4) is 0 Å². The fourth-order valence-electron chi connectivity index (χ4n) is 2.72. The largest absolute Gasteiger partial charge is 0.379 e. The number of rotatable bonds is 7. The Morgan fingerprint density at radius 2 is 2.05 bits per heavy atom. The van der Waals surface area contributed by atoms with Crippen LogP contribution in [0.15, 0.2) is 11.1 Å². The molecule has 0 aromatic carbocycles. The normalized spacial score (nSPS) is 18.5. The van der Waals surface area contributed by atoms with Crippen LogP contribution in [0.1, 0.15) is 26.0 Å². The van der Waals surface area contributed by atoms with E-state index in [1.165, 1.54) is 4.68 Å². The van der Waals surface area contributed by atoms with Gasteiger partial charge in [-0.2, -0.15) is 5.10 Å². The number of aryl methyl sites for hydroxylation is 2. The first-order valence-electron chi connectivity index (χ1n) is 7.83. The molecule has 0 bridgehead atoms. The van der Waals surface area contributed by atoms with E-state index in [1.807, 2.05) is 6.92 Å². The average molecular weight is 330 g/mol. The zero-order chi connectivity index (χ0) is 16.2. The van der Waals surface area contributed by atoms with Crippen molar-refractivity contribution >= 4 is 10.0 Å². The summed E-state index contributed by atoms with van der Waals surface area (Å²) in [6.45, 7) is 9.84. The molecule has 1 aliphatic rings. The third-order valence-electron chi connectivity index (χ3n) is 3.98. The van der Waals surface area contributed by atoms with E-state index in [2.05, 4.69) is 21.6 Å². The molecule has 22 heavy (non-hydrogen) atoms. The van der Waals surface area contributed by atoms with E-state index in [1.54, 1.807) is 13.0 Å². The van der Waals surface area contributed by atoms with Crippen molar-refractivity contribution in [3.05, 3.63) is 11.8 Å². The number of morpholine rings is 1. The van der Waals surface area contributed by atoms with Crippen molar-refractivity contribution in [2.24, 2.45) is 0 Å². The summed E-state index contributed by atoms with van der Waals surface area (Å²) < 4.78 is 34.6. The molecule has 0 unspecified atom stereocenters. The summed E-state index contributed by atoms with van der Waals surface area (Å²) in [5, 5.41) is 4.44. The van der Waals surface area contributed by atoms with Gasteiger partial charge in [0.1, 0.15) is 0 Å². The lowest BCUT2D eigenvalue weighted by atomic mass is 10.2. The summed E-state index contributed by atoms with van der Waals surface area (Å²) in [6.07, 6.45) is 0.897. The van der Waals surface area contributed by atoms with Gasteiger partial charge in [-0.15, -0.1) is 0 Å². The van der Waals surface area contributed by atoms with Gasteiger partial charge < -0.3 is 4.74 Å². The van der Waals surface area contributed by atoms with E-state index in [0.29, 0.717) is 32.0 Å². The van der Waals surface area contributed by atoms with E-state index in [4.69, 9.17) is 4.74 Å². The Hall–Kier alpha value is -0.960. The second kappa shape index (κ2) is 7.54. The highest BCUT2D eigenvalue weighted by Gasteiger charge is 2.24. The summed E-state index contributed by atoms with van der Waals surface area (Å²) in [7, 11) is -3.53. The zero-order valence-corrected chi connectivity index (χ0v) is 14.4. The lowest BCUT2D eigenvalue weighted by Gasteiger charge is -2.33. The van der Waals surface area contributed by atoms with Crippen LogP contribution >= 0.6 is 0 Å². The van der Waals surface area contributed by atoms with Crippen molar-refractivity contribution in [3.63, 3.8) is 0 Å². The third-order valence-corrected chi connectivity index (χ3v) is 5.41. The van der Waals surface area contributed by atoms with Gasteiger partial charge in [-0.1, -0.05) is 6.92 Å². The number of sulfonamides is 1. The molecule has 1 N–H and O–H groups in total. The first kappa shape index (κ1) is 17.4. The highest BCUT2D eigenvalue weighted by atomic mass is 32.2. The Kier molecular flexibility index (Phi) is 5.96. The van der Waals surface area contributed by atoms with Crippen molar-refractivity contribution in [2.75, 3.05) is 32.8 Å². The maximum absolute atomic E-state index is 12.5. The molecule has 7 nitrogen and oxygen atoms in total. The molecule has 1 aromatic rings. The minimum absolute atomic E-state index is 0.192. The summed E-state index contributed by atoms with van der Waals surface area (Å²) in [5.74, 6) is 0. The van der Waals surface area contributed by atoms with Crippen LogP contribution in [0.25, 0.3) is 0 Å². The second-order valence-electron chi connectivity index (χ2n) is 5.50. The van der Waals surface area contributed by atoms with Gasteiger partial charge in [0.05, 0.1) is 18.9 Å². The number of ether oxygens (including phenoxy) is 1. The molecule has 2 rings (SSSR count). The number of nitrogens with one attached hydrogen (secondary N) is 1. The molecule has 8 heteroatoms. The van der Waals surface area contributed by atoms with Crippen LogP contribution in [-0.4, -0.2) is 62.0 Å². The van der Waals surface area contributed by atoms with Crippen molar-refractivity contribution in [1.29, 1.82) is 0 Å². The van der Waals surface area contributed by atoms with E-state index >= 15 is 0 Å². The summed E-state index contributed by atoms with van der Waals surface area (Å²) >= 11 is 0. The topological polar surface area (TPSA) is 76.5 Å². The highest BCUT2D eigenvalue weighted by Crippen LogP contribution is 2.12. The molecule has 0 radical (unpaired) electrons. The summed E-state index contributed by atoms with van der Waals surface area (Å²) in [6, 6.07) is 1.80. The van der Waals surface area contributed by atoms with Crippen molar-refractivity contribution < 1.29 is 13.2 Å². The van der Waals surface area contributed by atoms with Gasteiger partial charge in [-0.25, -0.2) is 13.1 Å². The molecule has 2 heterocycles. The standard InChI is InChI=1S/C14H26N4O3S/c1-4-13(17-6-8-21-9-7-17)11-15-22(19,20)14-10-12(3)16-18(14)5-2/h10,13,15H,4-9,11H2,1-3H3/t13-/m0/s1. The molecule has 1 saturated heterocycles. The SMILES string of the molecule is CC[C@@H](CNS(=O)(=O)c1cc(C)nn1CC)N1CCOCC1. The van der Waals surface area contributed by atoms with Crippen LogP contribution in [0, 0.1) is 6.92 Å². The first-order chi connectivity index (χ1) is 10.5. The van der Waals surface area contributed by atoms with Gasteiger partial charge in [0.25, 0.3) is 10.0 Å². The van der Waals surface area contributed by atoms with Crippen LogP contribution in [0.5, 0.6) is 0 Å². The van der Waals surface area contributed by atoms with Crippen LogP contribution in [0.2, 0.25) is 0 Å². The second-order valence-corrected chi connectivity index (χ2v) is 7.22. The molecule has 0 amide bonds. The van der Waals surface area contributed by atoms with Crippen molar-refractivity contribution in [1.82, 2.24) is 19.4 Å². The predicted molar refractivity (Wildman–Crippen MR) is 84.3 cm³/mol. The number of nitrogens with zero attached hydrogens (tertiary/aromatic N) is 3. The van der Waals surface area contributed by atoms with Crippen LogP contribution < -0.4 is 4.72 Å². The highest BCUT2D eigenvalue weighted by molar-refractivity contribution is 7.89. The Morgan fingerprint density at radius 3 is 2.64 bits per heavy atom. The lowest BCUT2D eigenvalue weighted by Crippen LogP contribution is -2.48. The number of hydrogen-bond donors (Lipinski definition) is 1. The molecule has 1 atom stereocenters. The van der Waals surface area contributed by atoms with Crippen molar-refractivity contribution in [2.45, 2.75) is 44.8 Å². The molecule has 1 aliphatic heterocycles. The molecule has 0 saturated carbocycles. The average Bonchev–Trinajstić information content (AvgIpc) is 2.91. The molecule has 0 spiro atoms. The van der Waals surface area contributed by atoms with Gasteiger partial charge >= 0.3 is 0 Å². The fourth-order valence-corrected chi connectivity index (χ4v) is 4.05. The van der Waals surface area contributed by atoms with Gasteiger partial charge in [0.2, 0.25) is 0 Å². The fraction of sp³-hybridized carbons (Fsp3) is 0.786. The maximum atomic E-state index is 12.5. The number of aromatic nitrogens is 2. The smallest absolute Gasteiger partial charge is 0.257 e. The molecule has 126 valence electrons. The van der Waals surface area contributed by atoms with E-state index in [-0.39, 0.29) is 11.1 Å². The molecule has 0 aliphatic carbocycles. The minimum atomic E-state index is -3.53. The van der Waals surface area contributed by atoms with Crippen LogP contribution in [0.4, 0.5) is 0 Å². The Balaban J connectivity index is 2.04.